The predicted molar refractivity (Wildman–Crippen MR) is 84.5 cm³/mol. The zero-order valence-corrected chi connectivity index (χ0v) is 12.9. The molecule has 0 saturated heterocycles. The number of nitrogens with one attached hydrogen (secondary N) is 1. The molecule has 1 heterocycles. The topological polar surface area (TPSA) is 68.9 Å². The number of aliphatic hydroxyl groups is 1. The Labute approximate surface area is 128 Å². The van der Waals surface area contributed by atoms with Gasteiger partial charge in [0.25, 0.3) is 0 Å². The minimum atomic E-state index is -0.381. The molecule has 0 radical (unpaired) electrons. The second-order valence-corrected chi connectivity index (χ2v) is 7.03. The molecule has 0 saturated carbocycles. The van der Waals surface area contributed by atoms with Crippen LogP contribution < -0.4 is 5.32 Å². The molecule has 4 nitrogen and oxygen atoms in total. The van der Waals surface area contributed by atoms with E-state index in [0.717, 1.165) is 29.2 Å². The van der Waals surface area contributed by atoms with Crippen molar-refractivity contribution in [3.63, 3.8) is 0 Å². The van der Waals surface area contributed by atoms with Crippen molar-refractivity contribution in [1.29, 1.82) is 5.26 Å². The summed E-state index contributed by atoms with van der Waals surface area (Å²) in [5.41, 5.74) is 3.66. The SMILES string of the molecule is CC(C)(CO)Nc1nc2c(s1)CCc1cc(C#N)ccc1-2. The van der Waals surface area contributed by atoms with Gasteiger partial charge in [0.1, 0.15) is 0 Å². The highest BCUT2D eigenvalue weighted by Crippen LogP contribution is 2.39. The largest absolute Gasteiger partial charge is 0.394 e. The molecule has 0 fully saturated rings. The molecule has 21 heavy (non-hydrogen) atoms. The average Bonchev–Trinajstić information content (AvgIpc) is 2.88. The highest BCUT2D eigenvalue weighted by atomic mass is 32.1. The predicted octanol–water partition coefficient (Wildman–Crippen LogP) is 2.96. The number of anilines is 1. The molecule has 108 valence electrons. The Kier molecular flexibility index (Phi) is 3.44. The monoisotopic (exact) mass is 299 g/mol. The van der Waals surface area contributed by atoms with E-state index in [4.69, 9.17) is 10.2 Å². The third kappa shape index (κ3) is 2.65. The van der Waals surface area contributed by atoms with Gasteiger partial charge in [0.05, 0.1) is 29.5 Å². The zero-order chi connectivity index (χ0) is 15.0. The van der Waals surface area contributed by atoms with E-state index in [-0.39, 0.29) is 12.1 Å². The number of aryl methyl sites for hydroxylation is 2. The molecule has 1 aliphatic carbocycles. The van der Waals surface area contributed by atoms with Gasteiger partial charge in [-0.05, 0) is 44.4 Å². The van der Waals surface area contributed by atoms with Crippen LogP contribution in [-0.4, -0.2) is 22.2 Å². The number of benzene rings is 1. The van der Waals surface area contributed by atoms with Gasteiger partial charge >= 0.3 is 0 Å². The van der Waals surface area contributed by atoms with Gasteiger partial charge in [-0.2, -0.15) is 5.26 Å². The summed E-state index contributed by atoms with van der Waals surface area (Å²) >= 11 is 1.65. The Balaban J connectivity index is 1.98. The Morgan fingerprint density at radius 3 is 2.95 bits per heavy atom. The summed E-state index contributed by atoms with van der Waals surface area (Å²) in [5.74, 6) is 0. The fraction of sp³-hybridized carbons (Fsp3) is 0.375. The van der Waals surface area contributed by atoms with Gasteiger partial charge in [0.2, 0.25) is 0 Å². The summed E-state index contributed by atoms with van der Waals surface area (Å²) in [6.45, 7) is 3.94. The average molecular weight is 299 g/mol. The molecule has 2 N–H and O–H groups in total. The third-order valence-corrected chi connectivity index (χ3v) is 4.68. The third-order valence-electron chi connectivity index (χ3n) is 3.65. The van der Waals surface area contributed by atoms with Crippen LogP contribution in [0.1, 0.15) is 29.9 Å². The maximum absolute atomic E-state index is 9.36. The lowest BCUT2D eigenvalue weighted by molar-refractivity contribution is 0.234. The Morgan fingerprint density at radius 1 is 1.43 bits per heavy atom. The van der Waals surface area contributed by atoms with Crippen LogP contribution in [0.2, 0.25) is 0 Å². The Bertz CT molecular complexity index is 728. The van der Waals surface area contributed by atoms with Crippen molar-refractivity contribution in [2.75, 3.05) is 11.9 Å². The first kappa shape index (κ1) is 14.1. The summed E-state index contributed by atoms with van der Waals surface area (Å²) in [6.07, 6.45) is 1.90. The van der Waals surface area contributed by atoms with Gasteiger partial charge < -0.3 is 10.4 Å². The molecule has 2 aromatic rings. The normalized spacial score (nSPS) is 13.2. The molecule has 0 atom stereocenters. The second kappa shape index (κ2) is 5.14. The van der Waals surface area contributed by atoms with Crippen LogP contribution in [0.4, 0.5) is 5.13 Å². The molecule has 1 aromatic carbocycles. The van der Waals surface area contributed by atoms with E-state index in [9.17, 15) is 5.11 Å². The lowest BCUT2D eigenvalue weighted by atomic mass is 9.92. The first-order valence-corrected chi connectivity index (χ1v) is 7.76. The van der Waals surface area contributed by atoms with Crippen LogP contribution in [0.3, 0.4) is 0 Å². The summed E-state index contributed by atoms with van der Waals surface area (Å²) in [4.78, 5) is 5.96. The van der Waals surface area contributed by atoms with Gasteiger partial charge in [-0.3, -0.25) is 0 Å². The van der Waals surface area contributed by atoms with Crippen molar-refractivity contribution in [2.24, 2.45) is 0 Å². The van der Waals surface area contributed by atoms with E-state index in [1.807, 2.05) is 32.0 Å². The molecule has 1 aliphatic rings. The zero-order valence-electron chi connectivity index (χ0n) is 12.1. The van der Waals surface area contributed by atoms with Crippen molar-refractivity contribution in [3.8, 4) is 17.3 Å². The van der Waals surface area contributed by atoms with Gasteiger partial charge in [0, 0.05) is 10.4 Å². The number of hydrogen-bond donors (Lipinski definition) is 2. The lowest BCUT2D eigenvalue weighted by Crippen LogP contribution is -2.34. The van der Waals surface area contributed by atoms with Crippen molar-refractivity contribution in [3.05, 3.63) is 34.2 Å². The summed E-state index contributed by atoms with van der Waals surface area (Å²) in [7, 11) is 0. The number of thiazole rings is 1. The van der Waals surface area contributed by atoms with Crippen molar-refractivity contribution >= 4 is 16.5 Å². The smallest absolute Gasteiger partial charge is 0.183 e. The molecule has 0 aliphatic heterocycles. The van der Waals surface area contributed by atoms with Crippen LogP contribution >= 0.6 is 11.3 Å². The second-order valence-electron chi connectivity index (χ2n) is 5.94. The first-order valence-electron chi connectivity index (χ1n) is 6.94. The van der Waals surface area contributed by atoms with Crippen molar-refractivity contribution < 1.29 is 5.11 Å². The quantitative estimate of drug-likeness (QED) is 0.914. The highest BCUT2D eigenvalue weighted by molar-refractivity contribution is 7.16. The van der Waals surface area contributed by atoms with Gasteiger partial charge in [-0.15, -0.1) is 11.3 Å². The minimum Gasteiger partial charge on any atom is -0.394 e. The van der Waals surface area contributed by atoms with Gasteiger partial charge in [-0.1, -0.05) is 6.07 Å². The molecule has 0 amide bonds. The molecular formula is C16H17N3OS. The lowest BCUT2D eigenvalue weighted by Gasteiger charge is -2.22. The maximum Gasteiger partial charge on any atom is 0.183 e. The number of rotatable bonds is 3. The molecular weight excluding hydrogens is 282 g/mol. The summed E-state index contributed by atoms with van der Waals surface area (Å²) < 4.78 is 0. The number of aliphatic hydroxyl groups excluding tert-OH is 1. The Hall–Kier alpha value is -1.90. The number of nitriles is 1. The molecule has 5 heteroatoms. The van der Waals surface area contributed by atoms with Crippen LogP contribution in [0, 0.1) is 11.3 Å². The van der Waals surface area contributed by atoms with Crippen molar-refractivity contribution in [1.82, 2.24) is 4.98 Å². The van der Waals surface area contributed by atoms with Crippen LogP contribution in [0.15, 0.2) is 18.2 Å². The molecule has 1 aromatic heterocycles. The Morgan fingerprint density at radius 2 is 2.24 bits per heavy atom. The molecule has 0 spiro atoms. The van der Waals surface area contributed by atoms with E-state index in [1.165, 1.54) is 10.4 Å². The van der Waals surface area contributed by atoms with E-state index in [1.54, 1.807) is 11.3 Å². The van der Waals surface area contributed by atoms with Crippen LogP contribution in [0.5, 0.6) is 0 Å². The standard InChI is InChI=1S/C16H17N3OS/c1-16(2,9-20)19-15-18-14-12-5-3-10(8-17)7-11(12)4-6-13(14)21-15/h3,5,7,20H,4,6,9H2,1-2H3,(H,18,19). The van der Waals surface area contributed by atoms with E-state index in [0.29, 0.717) is 5.56 Å². The first-order chi connectivity index (χ1) is 10.0. The molecule has 0 unspecified atom stereocenters. The molecule has 0 bridgehead atoms. The van der Waals surface area contributed by atoms with Gasteiger partial charge in [-0.25, -0.2) is 4.98 Å². The number of fused-ring (bicyclic) bond motifs is 3. The summed E-state index contributed by atoms with van der Waals surface area (Å²) in [5, 5.41) is 22.5. The van der Waals surface area contributed by atoms with Crippen LogP contribution in [-0.2, 0) is 12.8 Å². The van der Waals surface area contributed by atoms with E-state index in [2.05, 4.69) is 11.4 Å². The van der Waals surface area contributed by atoms with Gasteiger partial charge in [0.15, 0.2) is 5.13 Å². The number of aromatic nitrogens is 1. The summed E-state index contributed by atoms with van der Waals surface area (Å²) in [6, 6.07) is 7.99. The number of nitrogens with zero attached hydrogens (tertiary/aromatic N) is 2. The van der Waals surface area contributed by atoms with Crippen LogP contribution in [0.25, 0.3) is 11.3 Å². The molecule has 3 rings (SSSR count). The fourth-order valence-corrected chi connectivity index (χ4v) is 3.62. The van der Waals surface area contributed by atoms with Crippen molar-refractivity contribution in [2.45, 2.75) is 32.2 Å². The fourth-order valence-electron chi connectivity index (χ4n) is 2.46. The minimum absolute atomic E-state index is 0.0549. The van der Waals surface area contributed by atoms with E-state index >= 15 is 0 Å². The maximum atomic E-state index is 9.36. The number of hydrogen-bond acceptors (Lipinski definition) is 5. The van der Waals surface area contributed by atoms with E-state index < -0.39 is 0 Å². The highest BCUT2D eigenvalue weighted by Gasteiger charge is 2.24.